The highest BCUT2D eigenvalue weighted by Gasteiger charge is 2.24. The first-order valence-corrected chi connectivity index (χ1v) is 7.64. The largest absolute Gasteiger partial charge is 0.396 e. The van der Waals surface area contributed by atoms with E-state index < -0.39 is 0 Å². The Morgan fingerprint density at radius 1 is 1.33 bits per heavy atom. The lowest BCUT2D eigenvalue weighted by atomic mass is 9.94. The normalized spacial score (nSPS) is 13.6. The van der Waals surface area contributed by atoms with Gasteiger partial charge in [-0.3, -0.25) is 4.79 Å². The molecule has 5 nitrogen and oxygen atoms in total. The molecular weight excluding hydrogens is 266 g/mol. The van der Waals surface area contributed by atoms with Gasteiger partial charge >= 0.3 is 0 Å². The molecule has 1 rings (SSSR count). The Kier molecular flexibility index (Phi) is 6.62. The van der Waals surface area contributed by atoms with Crippen LogP contribution in [0.3, 0.4) is 0 Å². The van der Waals surface area contributed by atoms with E-state index in [9.17, 15) is 4.79 Å². The number of carbonyl (C=O) groups is 1. The topological polar surface area (TPSA) is 65.5 Å². The van der Waals surface area contributed by atoms with Crippen LogP contribution in [0.5, 0.6) is 0 Å². The van der Waals surface area contributed by atoms with Gasteiger partial charge in [0.25, 0.3) is 5.91 Å². The summed E-state index contributed by atoms with van der Waals surface area (Å²) in [6, 6.07) is 3.67. The molecule has 0 aliphatic carbocycles. The highest BCUT2D eigenvalue weighted by atomic mass is 16.3. The summed E-state index contributed by atoms with van der Waals surface area (Å²) in [7, 11) is 0. The highest BCUT2D eigenvalue weighted by molar-refractivity contribution is 5.94. The molecule has 0 saturated heterocycles. The molecule has 0 spiro atoms. The van der Waals surface area contributed by atoms with E-state index in [4.69, 9.17) is 5.11 Å². The molecule has 1 atom stereocenters. The van der Waals surface area contributed by atoms with Gasteiger partial charge in [0, 0.05) is 31.4 Å². The van der Waals surface area contributed by atoms with Crippen LogP contribution in [0.2, 0.25) is 0 Å². The number of amides is 1. The molecule has 1 amide bonds. The third-order valence-corrected chi connectivity index (χ3v) is 3.96. The van der Waals surface area contributed by atoms with E-state index in [0.29, 0.717) is 12.0 Å². The van der Waals surface area contributed by atoms with Gasteiger partial charge in [0.2, 0.25) is 0 Å². The maximum atomic E-state index is 12.3. The Balaban J connectivity index is 2.79. The molecule has 5 heteroatoms. The number of aromatic nitrogens is 1. The average Bonchev–Trinajstić information content (AvgIpc) is 2.49. The van der Waals surface area contributed by atoms with Gasteiger partial charge in [-0.15, -0.1) is 0 Å². The number of anilines is 1. The zero-order chi connectivity index (χ0) is 15.9. The number of nitrogens with zero attached hydrogens (tertiary/aromatic N) is 2. The fraction of sp³-hybridized carbons (Fsp3) is 0.625. The van der Waals surface area contributed by atoms with Crippen LogP contribution in [-0.4, -0.2) is 41.2 Å². The minimum Gasteiger partial charge on any atom is -0.396 e. The Morgan fingerprint density at radius 2 is 2.00 bits per heavy atom. The summed E-state index contributed by atoms with van der Waals surface area (Å²) >= 11 is 0. The predicted molar refractivity (Wildman–Crippen MR) is 85.7 cm³/mol. The molecule has 1 aromatic rings. The number of hydrogen-bond donors (Lipinski definition) is 2. The van der Waals surface area contributed by atoms with E-state index in [1.54, 1.807) is 12.3 Å². The second-order valence-corrected chi connectivity index (χ2v) is 5.42. The lowest BCUT2D eigenvalue weighted by Gasteiger charge is -2.29. The van der Waals surface area contributed by atoms with Crippen molar-refractivity contribution in [1.29, 1.82) is 0 Å². The minimum absolute atomic E-state index is 0.0593. The Hall–Kier alpha value is -1.62. The maximum absolute atomic E-state index is 12.3. The van der Waals surface area contributed by atoms with Gasteiger partial charge in [-0.25, -0.2) is 4.98 Å². The van der Waals surface area contributed by atoms with Crippen molar-refractivity contribution in [3.8, 4) is 0 Å². The average molecular weight is 293 g/mol. The van der Waals surface area contributed by atoms with Crippen molar-refractivity contribution in [2.75, 3.05) is 24.6 Å². The SMILES string of the molecule is CCN(CC)c1ccc(C(=O)NC(C)(CC)CCO)cn1. The summed E-state index contributed by atoms with van der Waals surface area (Å²) in [6.45, 7) is 9.93. The van der Waals surface area contributed by atoms with E-state index in [1.165, 1.54) is 0 Å². The predicted octanol–water partition coefficient (Wildman–Crippen LogP) is 2.21. The first-order chi connectivity index (χ1) is 9.99. The number of rotatable bonds is 8. The van der Waals surface area contributed by atoms with E-state index in [0.717, 1.165) is 25.3 Å². The van der Waals surface area contributed by atoms with E-state index in [1.807, 2.05) is 19.9 Å². The van der Waals surface area contributed by atoms with Crippen molar-refractivity contribution in [2.24, 2.45) is 0 Å². The molecule has 0 saturated carbocycles. The van der Waals surface area contributed by atoms with Crippen LogP contribution in [0.1, 0.15) is 50.9 Å². The van der Waals surface area contributed by atoms with Crippen molar-refractivity contribution >= 4 is 11.7 Å². The molecule has 0 aliphatic heterocycles. The van der Waals surface area contributed by atoms with Gasteiger partial charge in [0.1, 0.15) is 5.82 Å². The van der Waals surface area contributed by atoms with Crippen LogP contribution in [-0.2, 0) is 0 Å². The van der Waals surface area contributed by atoms with Crippen LogP contribution in [0, 0.1) is 0 Å². The van der Waals surface area contributed by atoms with Crippen LogP contribution in [0.25, 0.3) is 0 Å². The summed E-state index contributed by atoms with van der Waals surface area (Å²) in [6.07, 6.45) is 2.92. The minimum atomic E-state index is -0.386. The summed E-state index contributed by atoms with van der Waals surface area (Å²) in [4.78, 5) is 18.8. The smallest absolute Gasteiger partial charge is 0.253 e. The van der Waals surface area contributed by atoms with Crippen molar-refractivity contribution in [2.45, 2.75) is 46.1 Å². The maximum Gasteiger partial charge on any atom is 0.253 e. The van der Waals surface area contributed by atoms with E-state index >= 15 is 0 Å². The number of aliphatic hydroxyl groups excluding tert-OH is 1. The van der Waals surface area contributed by atoms with Crippen molar-refractivity contribution in [3.63, 3.8) is 0 Å². The molecule has 0 fully saturated rings. The van der Waals surface area contributed by atoms with Crippen molar-refractivity contribution < 1.29 is 9.90 Å². The fourth-order valence-corrected chi connectivity index (χ4v) is 2.18. The van der Waals surface area contributed by atoms with Crippen LogP contribution in [0.4, 0.5) is 5.82 Å². The van der Waals surface area contributed by atoms with Crippen LogP contribution < -0.4 is 10.2 Å². The molecule has 0 radical (unpaired) electrons. The van der Waals surface area contributed by atoms with E-state index in [2.05, 4.69) is 29.0 Å². The van der Waals surface area contributed by atoms with Crippen LogP contribution >= 0.6 is 0 Å². The number of aliphatic hydroxyl groups is 1. The summed E-state index contributed by atoms with van der Waals surface area (Å²) in [5.41, 5.74) is 0.159. The van der Waals surface area contributed by atoms with Gasteiger partial charge in [0.15, 0.2) is 0 Å². The molecule has 21 heavy (non-hydrogen) atoms. The number of hydrogen-bond acceptors (Lipinski definition) is 4. The number of carbonyl (C=O) groups excluding carboxylic acids is 1. The molecular formula is C16H27N3O2. The Bertz CT molecular complexity index is 443. The highest BCUT2D eigenvalue weighted by Crippen LogP contribution is 2.16. The quantitative estimate of drug-likeness (QED) is 0.771. The first-order valence-electron chi connectivity index (χ1n) is 7.64. The van der Waals surface area contributed by atoms with Crippen molar-refractivity contribution in [1.82, 2.24) is 10.3 Å². The van der Waals surface area contributed by atoms with E-state index in [-0.39, 0.29) is 18.1 Å². The second-order valence-electron chi connectivity index (χ2n) is 5.42. The monoisotopic (exact) mass is 293 g/mol. The second kappa shape index (κ2) is 7.98. The number of nitrogens with one attached hydrogen (secondary N) is 1. The van der Waals surface area contributed by atoms with Gasteiger partial charge in [-0.05, 0) is 45.7 Å². The zero-order valence-corrected chi connectivity index (χ0v) is 13.5. The molecule has 118 valence electrons. The first kappa shape index (κ1) is 17.4. The van der Waals surface area contributed by atoms with Crippen LogP contribution in [0.15, 0.2) is 18.3 Å². The fourth-order valence-electron chi connectivity index (χ4n) is 2.18. The molecule has 0 aromatic carbocycles. The zero-order valence-electron chi connectivity index (χ0n) is 13.5. The summed E-state index contributed by atoms with van der Waals surface area (Å²) in [5.74, 6) is 0.733. The molecule has 0 bridgehead atoms. The molecule has 0 aliphatic rings. The third-order valence-electron chi connectivity index (χ3n) is 3.96. The molecule has 2 N–H and O–H groups in total. The number of pyridine rings is 1. The Labute approximate surface area is 127 Å². The van der Waals surface area contributed by atoms with Gasteiger partial charge in [-0.1, -0.05) is 6.92 Å². The standard InChI is InChI=1S/C16H27N3O2/c1-5-16(4,10-11-20)18-15(21)13-8-9-14(17-12-13)19(6-2)7-3/h8-9,12,20H,5-7,10-11H2,1-4H3,(H,18,21). The van der Waals surface area contributed by atoms with Gasteiger partial charge in [0.05, 0.1) is 5.56 Å². The third kappa shape index (κ3) is 4.70. The summed E-state index contributed by atoms with van der Waals surface area (Å²) < 4.78 is 0. The lowest BCUT2D eigenvalue weighted by molar-refractivity contribution is 0.0886. The van der Waals surface area contributed by atoms with Gasteiger partial charge < -0.3 is 15.3 Å². The molecule has 1 aromatic heterocycles. The van der Waals surface area contributed by atoms with Gasteiger partial charge in [-0.2, -0.15) is 0 Å². The lowest BCUT2D eigenvalue weighted by Crippen LogP contribution is -2.46. The molecule has 1 heterocycles. The molecule has 1 unspecified atom stereocenters. The Morgan fingerprint density at radius 3 is 2.43 bits per heavy atom. The summed E-state index contributed by atoms with van der Waals surface area (Å²) in [5, 5.41) is 12.1. The van der Waals surface area contributed by atoms with Crippen molar-refractivity contribution in [3.05, 3.63) is 23.9 Å².